The average molecular weight is 327 g/mol. The third kappa shape index (κ3) is 4.51. The van der Waals surface area contributed by atoms with Gasteiger partial charge in [0.2, 0.25) is 0 Å². The highest BCUT2D eigenvalue weighted by Gasteiger charge is 2.25. The van der Waals surface area contributed by atoms with Crippen LogP contribution in [0.5, 0.6) is 0 Å². The van der Waals surface area contributed by atoms with Gasteiger partial charge >= 0.3 is 5.97 Å². The largest absolute Gasteiger partial charge is 0.466 e. The third-order valence-electron chi connectivity index (χ3n) is 4.36. The van der Waals surface area contributed by atoms with Gasteiger partial charge in [-0.25, -0.2) is 9.97 Å². The van der Waals surface area contributed by atoms with Crippen LogP contribution in [0, 0.1) is 12.8 Å². The Morgan fingerprint density at radius 1 is 1.29 bits per heavy atom. The van der Waals surface area contributed by atoms with Crippen LogP contribution in [0.1, 0.15) is 37.7 Å². The second-order valence-corrected chi connectivity index (χ2v) is 6.48. The van der Waals surface area contributed by atoms with Gasteiger partial charge in [-0.15, -0.1) is 0 Å². The molecule has 0 amide bonds. The number of para-hydroxylation sites is 1. The highest BCUT2D eigenvalue weighted by molar-refractivity contribution is 5.80. The number of aromatic nitrogens is 2. The maximum absolute atomic E-state index is 11.7. The SMILES string of the molecule is CCOC(=O)CCN(Cc1nc(C)c2ccccc2n1)CC1CC1. The summed E-state index contributed by atoms with van der Waals surface area (Å²) >= 11 is 0. The maximum atomic E-state index is 11.7. The minimum atomic E-state index is -0.131. The molecule has 128 valence electrons. The predicted molar refractivity (Wildman–Crippen MR) is 93.5 cm³/mol. The van der Waals surface area contributed by atoms with Crippen molar-refractivity contribution in [2.45, 2.75) is 39.7 Å². The first-order chi connectivity index (χ1) is 11.7. The number of carbonyl (C=O) groups excluding carboxylic acids is 1. The number of nitrogens with zero attached hydrogens (tertiary/aromatic N) is 3. The van der Waals surface area contributed by atoms with E-state index in [1.165, 1.54) is 12.8 Å². The average Bonchev–Trinajstić information content (AvgIpc) is 3.37. The lowest BCUT2D eigenvalue weighted by Gasteiger charge is -2.21. The van der Waals surface area contributed by atoms with E-state index in [-0.39, 0.29) is 5.97 Å². The number of carbonyl (C=O) groups is 1. The Morgan fingerprint density at radius 3 is 2.83 bits per heavy atom. The summed E-state index contributed by atoms with van der Waals surface area (Å²) in [5.41, 5.74) is 1.99. The second-order valence-electron chi connectivity index (χ2n) is 6.48. The van der Waals surface area contributed by atoms with Crippen molar-refractivity contribution in [2.75, 3.05) is 19.7 Å². The smallest absolute Gasteiger partial charge is 0.307 e. The quantitative estimate of drug-likeness (QED) is 0.697. The summed E-state index contributed by atoms with van der Waals surface area (Å²) in [6.07, 6.45) is 2.99. The van der Waals surface area contributed by atoms with E-state index in [0.717, 1.165) is 34.9 Å². The van der Waals surface area contributed by atoms with E-state index in [0.29, 0.717) is 26.1 Å². The highest BCUT2D eigenvalue weighted by atomic mass is 16.5. The summed E-state index contributed by atoms with van der Waals surface area (Å²) in [4.78, 5) is 23.3. The summed E-state index contributed by atoms with van der Waals surface area (Å²) in [6.45, 7) is 6.69. The number of fused-ring (bicyclic) bond motifs is 1. The van der Waals surface area contributed by atoms with Gasteiger partial charge in [-0.2, -0.15) is 0 Å². The van der Waals surface area contributed by atoms with Crippen molar-refractivity contribution in [3.63, 3.8) is 0 Å². The Labute approximate surface area is 143 Å². The van der Waals surface area contributed by atoms with Crippen LogP contribution >= 0.6 is 0 Å². The molecule has 3 rings (SSSR count). The minimum absolute atomic E-state index is 0.131. The fourth-order valence-corrected chi connectivity index (χ4v) is 2.95. The lowest BCUT2D eigenvalue weighted by molar-refractivity contribution is -0.143. The minimum Gasteiger partial charge on any atom is -0.466 e. The van der Waals surface area contributed by atoms with Crippen LogP contribution in [0.4, 0.5) is 0 Å². The molecule has 5 nitrogen and oxygen atoms in total. The maximum Gasteiger partial charge on any atom is 0.307 e. The molecule has 1 fully saturated rings. The van der Waals surface area contributed by atoms with Crippen molar-refractivity contribution in [3.05, 3.63) is 35.8 Å². The molecule has 0 N–H and O–H groups in total. The van der Waals surface area contributed by atoms with Gasteiger partial charge in [-0.3, -0.25) is 9.69 Å². The van der Waals surface area contributed by atoms with E-state index in [2.05, 4.69) is 16.0 Å². The monoisotopic (exact) mass is 327 g/mol. The number of rotatable bonds is 8. The molecule has 0 unspecified atom stereocenters. The summed E-state index contributed by atoms with van der Waals surface area (Å²) in [5.74, 6) is 1.46. The molecule has 2 aromatic rings. The second kappa shape index (κ2) is 7.71. The van der Waals surface area contributed by atoms with Gasteiger partial charge in [0.25, 0.3) is 0 Å². The van der Waals surface area contributed by atoms with E-state index in [9.17, 15) is 4.79 Å². The van der Waals surface area contributed by atoms with Gasteiger partial charge < -0.3 is 4.74 Å². The topological polar surface area (TPSA) is 55.3 Å². The fourth-order valence-electron chi connectivity index (χ4n) is 2.95. The predicted octanol–water partition coefficient (Wildman–Crippen LogP) is 3.10. The first kappa shape index (κ1) is 16.8. The highest BCUT2D eigenvalue weighted by Crippen LogP contribution is 2.30. The van der Waals surface area contributed by atoms with Crippen LogP contribution in [-0.4, -0.2) is 40.5 Å². The number of hydrogen-bond donors (Lipinski definition) is 0. The third-order valence-corrected chi connectivity index (χ3v) is 4.36. The van der Waals surface area contributed by atoms with Gasteiger partial charge in [0.1, 0.15) is 5.82 Å². The van der Waals surface area contributed by atoms with Gasteiger partial charge in [-0.1, -0.05) is 18.2 Å². The molecule has 1 aliphatic carbocycles. The van der Waals surface area contributed by atoms with E-state index in [4.69, 9.17) is 9.72 Å². The Balaban J connectivity index is 1.70. The molecule has 1 aromatic carbocycles. The Kier molecular flexibility index (Phi) is 5.41. The molecule has 0 radical (unpaired) electrons. The standard InChI is InChI=1S/C19H25N3O2/c1-3-24-19(23)10-11-22(12-15-8-9-15)13-18-20-14(2)16-6-4-5-7-17(16)21-18/h4-7,15H,3,8-13H2,1-2H3. The van der Waals surface area contributed by atoms with Gasteiger partial charge in [0.05, 0.1) is 25.1 Å². The van der Waals surface area contributed by atoms with Gasteiger partial charge in [0, 0.05) is 24.2 Å². The van der Waals surface area contributed by atoms with Crippen molar-refractivity contribution >= 4 is 16.9 Å². The fraction of sp³-hybridized carbons (Fsp3) is 0.526. The number of esters is 1. The molecule has 0 aliphatic heterocycles. The molecule has 1 saturated carbocycles. The molecule has 0 atom stereocenters. The summed E-state index contributed by atoms with van der Waals surface area (Å²) in [5, 5.41) is 1.10. The van der Waals surface area contributed by atoms with E-state index < -0.39 is 0 Å². The Morgan fingerprint density at radius 2 is 2.08 bits per heavy atom. The molecule has 5 heteroatoms. The van der Waals surface area contributed by atoms with Crippen LogP contribution in [0.25, 0.3) is 10.9 Å². The molecule has 24 heavy (non-hydrogen) atoms. The molecule has 1 heterocycles. The zero-order chi connectivity index (χ0) is 16.9. The lowest BCUT2D eigenvalue weighted by Crippen LogP contribution is -2.29. The molecule has 0 bridgehead atoms. The van der Waals surface area contributed by atoms with E-state index >= 15 is 0 Å². The Bertz CT molecular complexity index is 713. The van der Waals surface area contributed by atoms with Crippen LogP contribution in [0.15, 0.2) is 24.3 Å². The normalized spacial score (nSPS) is 14.3. The molecular weight excluding hydrogens is 302 g/mol. The van der Waals surface area contributed by atoms with Gasteiger partial charge in [0.15, 0.2) is 0 Å². The van der Waals surface area contributed by atoms with Crippen molar-refractivity contribution in [2.24, 2.45) is 5.92 Å². The Hall–Kier alpha value is -2.01. The van der Waals surface area contributed by atoms with Crippen LogP contribution in [0.3, 0.4) is 0 Å². The zero-order valence-electron chi connectivity index (χ0n) is 14.5. The van der Waals surface area contributed by atoms with E-state index in [1.54, 1.807) is 0 Å². The van der Waals surface area contributed by atoms with Gasteiger partial charge in [-0.05, 0) is 38.7 Å². The molecule has 1 aromatic heterocycles. The first-order valence-corrected chi connectivity index (χ1v) is 8.76. The number of ether oxygens (including phenoxy) is 1. The number of hydrogen-bond acceptors (Lipinski definition) is 5. The van der Waals surface area contributed by atoms with Crippen LogP contribution in [-0.2, 0) is 16.1 Å². The molecule has 0 spiro atoms. The van der Waals surface area contributed by atoms with Crippen LogP contribution in [0.2, 0.25) is 0 Å². The van der Waals surface area contributed by atoms with Crippen LogP contribution < -0.4 is 0 Å². The first-order valence-electron chi connectivity index (χ1n) is 8.76. The van der Waals surface area contributed by atoms with Crippen molar-refractivity contribution in [1.82, 2.24) is 14.9 Å². The zero-order valence-corrected chi connectivity index (χ0v) is 14.5. The van der Waals surface area contributed by atoms with Crippen molar-refractivity contribution < 1.29 is 9.53 Å². The number of aryl methyl sites for hydroxylation is 1. The molecular formula is C19H25N3O2. The van der Waals surface area contributed by atoms with Crippen molar-refractivity contribution in [3.8, 4) is 0 Å². The lowest BCUT2D eigenvalue weighted by atomic mass is 10.2. The van der Waals surface area contributed by atoms with E-state index in [1.807, 2.05) is 32.0 Å². The molecule has 1 aliphatic rings. The molecule has 0 saturated heterocycles. The summed E-state index contributed by atoms with van der Waals surface area (Å²) in [6, 6.07) is 8.09. The van der Waals surface area contributed by atoms with Crippen molar-refractivity contribution in [1.29, 1.82) is 0 Å². The summed E-state index contributed by atoms with van der Waals surface area (Å²) < 4.78 is 5.04. The summed E-state index contributed by atoms with van der Waals surface area (Å²) in [7, 11) is 0. The number of benzene rings is 1.